The molecule has 2 aliphatic carbocycles. The normalized spacial score (nSPS) is 51.4. The molecule has 4 heteroatoms. The summed E-state index contributed by atoms with van der Waals surface area (Å²) in [6.45, 7) is 4.22. The quantitative estimate of drug-likeness (QED) is 0.780. The average Bonchev–Trinajstić information content (AvgIpc) is 3.15. The van der Waals surface area contributed by atoms with Crippen molar-refractivity contribution < 1.29 is 19.7 Å². The fourth-order valence-electron chi connectivity index (χ4n) is 4.65. The first-order chi connectivity index (χ1) is 9.44. The third-order valence-corrected chi connectivity index (χ3v) is 6.23. The van der Waals surface area contributed by atoms with Crippen LogP contribution in [-0.4, -0.2) is 34.5 Å². The van der Waals surface area contributed by atoms with Crippen LogP contribution in [0, 0.1) is 23.2 Å². The maximum Gasteiger partial charge on any atom is 0.310 e. The minimum absolute atomic E-state index is 0.109. The van der Waals surface area contributed by atoms with Crippen LogP contribution in [-0.2, 0) is 9.53 Å². The molecular formula is C16H26O4. The van der Waals surface area contributed by atoms with Crippen LogP contribution in [0.5, 0.6) is 0 Å². The maximum atomic E-state index is 12.0. The fraction of sp³-hybridized carbons (Fsp3) is 0.938. The molecule has 1 aliphatic heterocycles. The summed E-state index contributed by atoms with van der Waals surface area (Å²) in [5.41, 5.74) is -0.612. The number of rotatable bonds is 3. The van der Waals surface area contributed by atoms with E-state index in [4.69, 9.17) is 4.74 Å². The fourth-order valence-corrected chi connectivity index (χ4v) is 4.65. The van der Waals surface area contributed by atoms with E-state index in [1.807, 2.05) is 0 Å². The number of aliphatic hydroxyl groups is 1. The van der Waals surface area contributed by atoms with Crippen molar-refractivity contribution in [1.82, 2.24) is 0 Å². The summed E-state index contributed by atoms with van der Waals surface area (Å²) in [5.74, 6) is 0.308. The number of carboxylic acids is 1. The van der Waals surface area contributed by atoms with E-state index in [1.165, 1.54) is 0 Å². The zero-order chi connectivity index (χ0) is 14.5. The summed E-state index contributed by atoms with van der Waals surface area (Å²) in [5, 5.41) is 19.6. The van der Waals surface area contributed by atoms with Gasteiger partial charge in [-0.05, 0) is 50.4 Å². The number of epoxide rings is 1. The number of carbonyl (C=O) groups is 1. The van der Waals surface area contributed by atoms with Crippen LogP contribution in [0.25, 0.3) is 0 Å². The van der Waals surface area contributed by atoms with Gasteiger partial charge in [0.25, 0.3) is 0 Å². The molecule has 0 spiro atoms. The molecule has 7 unspecified atom stereocenters. The lowest BCUT2D eigenvalue weighted by Gasteiger charge is -2.42. The van der Waals surface area contributed by atoms with Gasteiger partial charge in [-0.15, -0.1) is 0 Å². The molecule has 2 saturated carbocycles. The Morgan fingerprint density at radius 2 is 2.05 bits per heavy atom. The van der Waals surface area contributed by atoms with Crippen LogP contribution in [0.15, 0.2) is 0 Å². The van der Waals surface area contributed by atoms with Crippen molar-refractivity contribution in [2.45, 2.75) is 70.7 Å². The first-order valence-corrected chi connectivity index (χ1v) is 8.01. The Bertz CT molecular complexity index is 396. The van der Waals surface area contributed by atoms with Gasteiger partial charge in [0, 0.05) is 5.92 Å². The predicted octanol–water partition coefficient (Wildman–Crippen LogP) is 2.44. The van der Waals surface area contributed by atoms with Gasteiger partial charge in [0.2, 0.25) is 0 Å². The molecule has 4 nitrogen and oxygen atoms in total. The lowest BCUT2D eigenvalue weighted by atomic mass is 9.60. The summed E-state index contributed by atoms with van der Waals surface area (Å²) in [6, 6.07) is 0. The lowest BCUT2D eigenvalue weighted by molar-refractivity contribution is -0.156. The van der Waals surface area contributed by atoms with Crippen molar-refractivity contribution in [3.05, 3.63) is 0 Å². The van der Waals surface area contributed by atoms with Crippen molar-refractivity contribution >= 4 is 5.97 Å². The SMILES string of the molecule is CC1CC(O)CCC1CC1(C(=O)O)CCC2OC2C1C. The number of hydrogen-bond acceptors (Lipinski definition) is 3. The number of aliphatic hydroxyl groups excluding tert-OH is 1. The van der Waals surface area contributed by atoms with Gasteiger partial charge in [-0.3, -0.25) is 4.79 Å². The second-order valence-electron chi connectivity index (χ2n) is 7.34. The Morgan fingerprint density at radius 1 is 1.30 bits per heavy atom. The summed E-state index contributed by atoms with van der Waals surface area (Å²) in [6.07, 6.45) is 5.29. The standard InChI is InChI=1S/C16H26O4/c1-9-7-12(17)4-3-11(9)8-16(15(18)19)6-5-13-14(20-13)10(16)2/h9-14,17H,3-8H2,1-2H3,(H,18,19). The van der Waals surface area contributed by atoms with E-state index in [0.29, 0.717) is 17.9 Å². The summed E-state index contributed by atoms with van der Waals surface area (Å²) in [4.78, 5) is 12.0. The molecule has 3 fully saturated rings. The van der Waals surface area contributed by atoms with E-state index in [2.05, 4.69) is 13.8 Å². The molecule has 3 rings (SSSR count). The largest absolute Gasteiger partial charge is 0.481 e. The van der Waals surface area contributed by atoms with E-state index in [1.54, 1.807) is 0 Å². The molecule has 0 amide bonds. The first-order valence-electron chi connectivity index (χ1n) is 8.01. The molecule has 2 N–H and O–H groups in total. The minimum atomic E-state index is -0.641. The van der Waals surface area contributed by atoms with E-state index in [0.717, 1.165) is 38.5 Å². The van der Waals surface area contributed by atoms with E-state index < -0.39 is 11.4 Å². The smallest absolute Gasteiger partial charge is 0.310 e. The topological polar surface area (TPSA) is 70.1 Å². The zero-order valence-electron chi connectivity index (χ0n) is 12.4. The lowest BCUT2D eigenvalue weighted by Crippen LogP contribution is -2.46. The molecule has 0 radical (unpaired) electrons. The van der Waals surface area contributed by atoms with E-state index in [9.17, 15) is 15.0 Å². The van der Waals surface area contributed by atoms with Gasteiger partial charge in [-0.1, -0.05) is 13.8 Å². The Kier molecular flexibility index (Phi) is 3.57. The molecule has 3 aliphatic rings. The summed E-state index contributed by atoms with van der Waals surface area (Å²) in [7, 11) is 0. The Labute approximate surface area is 120 Å². The number of fused-ring (bicyclic) bond motifs is 1. The van der Waals surface area contributed by atoms with Gasteiger partial charge in [0.1, 0.15) is 0 Å². The van der Waals surface area contributed by atoms with Crippen LogP contribution in [0.3, 0.4) is 0 Å². The second kappa shape index (κ2) is 4.99. The Morgan fingerprint density at radius 3 is 2.70 bits per heavy atom. The van der Waals surface area contributed by atoms with Gasteiger partial charge < -0.3 is 14.9 Å². The highest BCUT2D eigenvalue weighted by Crippen LogP contribution is 2.55. The van der Waals surface area contributed by atoms with Gasteiger partial charge in [0.15, 0.2) is 0 Å². The number of hydrogen-bond donors (Lipinski definition) is 2. The van der Waals surface area contributed by atoms with Crippen LogP contribution in [0.4, 0.5) is 0 Å². The monoisotopic (exact) mass is 282 g/mol. The minimum Gasteiger partial charge on any atom is -0.481 e. The van der Waals surface area contributed by atoms with Crippen LogP contribution < -0.4 is 0 Å². The zero-order valence-corrected chi connectivity index (χ0v) is 12.4. The van der Waals surface area contributed by atoms with Gasteiger partial charge in [0.05, 0.1) is 23.7 Å². The number of ether oxygens (including phenoxy) is 1. The van der Waals surface area contributed by atoms with Gasteiger partial charge in [-0.2, -0.15) is 0 Å². The third-order valence-electron chi connectivity index (χ3n) is 6.23. The Balaban J connectivity index is 1.76. The molecular weight excluding hydrogens is 256 g/mol. The highest BCUT2D eigenvalue weighted by molar-refractivity contribution is 5.75. The number of carboxylic acid groups (broad SMARTS) is 1. The molecule has 0 aromatic carbocycles. The molecule has 114 valence electrons. The number of aliphatic carboxylic acids is 1. The summed E-state index contributed by atoms with van der Waals surface area (Å²) < 4.78 is 5.63. The maximum absolute atomic E-state index is 12.0. The highest BCUT2D eigenvalue weighted by Gasteiger charge is 2.59. The molecule has 1 saturated heterocycles. The van der Waals surface area contributed by atoms with Crippen molar-refractivity contribution in [1.29, 1.82) is 0 Å². The first kappa shape index (κ1) is 14.3. The van der Waals surface area contributed by atoms with E-state index >= 15 is 0 Å². The predicted molar refractivity (Wildman–Crippen MR) is 74.3 cm³/mol. The van der Waals surface area contributed by atoms with Crippen molar-refractivity contribution in [2.24, 2.45) is 23.2 Å². The van der Waals surface area contributed by atoms with Crippen LogP contribution in [0.1, 0.15) is 52.4 Å². The van der Waals surface area contributed by atoms with Crippen LogP contribution in [0.2, 0.25) is 0 Å². The van der Waals surface area contributed by atoms with Gasteiger partial charge >= 0.3 is 5.97 Å². The molecule has 0 aromatic heterocycles. The average molecular weight is 282 g/mol. The van der Waals surface area contributed by atoms with Crippen LogP contribution >= 0.6 is 0 Å². The molecule has 0 aromatic rings. The molecule has 7 atom stereocenters. The second-order valence-corrected chi connectivity index (χ2v) is 7.34. The van der Waals surface area contributed by atoms with Gasteiger partial charge in [-0.25, -0.2) is 0 Å². The molecule has 1 heterocycles. The van der Waals surface area contributed by atoms with Crippen molar-refractivity contribution in [2.75, 3.05) is 0 Å². The molecule has 20 heavy (non-hydrogen) atoms. The summed E-state index contributed by atoms with van der Waals surface area (Å²) >= 11 is 0. The van der Waals surface area contributed by atoms with Crippen molar-refractivity contribution in [3.8, 4) is 0 Å². The Hall–Kier alpha value is -0.610. The van der Waals surface area contributed by atoms with E-state index in [-0.39, 0.29) is 18.1 Å². The molecule has 0 bridgehead atoms. The van der Waals surface area contributed by atoms with Crippen molar-refractivity contribution in [3.63, 3.8) is 0 Å². The third kappa shape index (κ3) is 2.27. The highest BCUT2D eigenvalue weighted by atomic mass is 16.6.